The average molecular weight is 273 g/mol. The molecule has 1 spiro atoms. The van der Waals surface area contributed by atoms with Crippen LogP contribution in [-0.4, -0.2) is 47.9 Å². The second kappa shape index (κ2) is 5.26. The molecular formula is C13H23NO5. The highest BCUT2D eigenvalue weighted by Crippen LogP contribution is 2.36. The number of alkyl carbamates (subject to hydrolysis) is 1. The maximum Gasteiger partial charge on any atom is 0.407 e. The first-order chi connectivity index (χ1) is 8.80. The first kappa shape index (κ1) is 14.6. The topological polar surface area (TPSA) is 77.0 Å². The Morgan fingerprint density at radius 1 is 1.37 bits per heavy atom. The minimum Gasteiger partial charge on any atom is -0.444 e. The normalized spacial score (nSPS) is 30.3. The maximum absolute atomic E-state index is 11.7. The van der Waals surface area contributed by atoms with Crippen LogP contribution < -0.4 is 5.32 Å². The van der Waals surface area contributed by atoms with Gasteiger partial charge in [0.2, 0.25) is 0 Å². The number of rotatable bonds is 1. The fourth-order valence-electron chi connectivity index (χ4n) is 2.51. The summed E-state index contributed by atoms with van der Waals surface area (Å²) in [6.45, 7) is 6.53. The Balaban J connectivity index is 1.92. The van der Waals surface area contributed by atoms with Crippen molar-refractivity contribution in [1.29, 1.82) is 0 Å². The van der Waals surface area contributed by atoms with Crippen molar-refractivity contribution >= 4 is 6.09 Å². The van der Waals surface area contributed by atoms with Crippen molar-refractivity contribution < 1.29 is 24.1 Å². The van der Waals surface area contributed by atoms with Crippen LogP contribution in [-0.2, 0) is 14.2 Å². The summed E-state index contributed by atoms with van der Waals surface area (Å²) in [5, 5.41) is 12.7. The van der Waals surface area contributed by atoms with E-state index < -0.39 is 29.6 Å². The van der Waals surface area contributed by atoms with Gasteiger partial charge in [0.25, 0.3) is 0 Å². The van der Waals surface area contributed by atoms with Crippen molar-refractivity contribution in [3.8, 4) is 0 Å². The zero-order valence-corrected chi connectivity index (χ0v) is 11.8. The van der Waals surface area contributed by atoms with Gasteiger partial charge in [0.05, 0.1) is 25.4 Å². The van der Waals surface area contributed by atoms with Crippen LogP contribution in [0.4, 0.5) is 4.79 Å². The molecule has 1 aliphatic carbocycles. The minimum absolute atomic E-state index is 0.401. The molecule has 0 bridgehead atoms. The van der Waals surface area contributed by atoms with Crippen LogP contribution in [0.2, 0.25) is 0 Å². The molecule has 2 N–H and O–H groups in total. The summed E-state index contributed by atoms with van der Waals surface area (Å²) >= 11 is 0. The summed E-state index contributed by atoms with van der Waals surface area (Å²) < 4.78 is 16.4. The van der Waals surface area contributed by atoms with E-state index in [1.54, 1.807) is 20.8 Å². The number of nitrogens with one attached hydrogen (secondary N) is 1. The molecule has 2 rings (SSSR count). The molecule has 2 fully saturated rings. The fraction of sp³-hybridized carbons (Fsp3) is 0.923. The molecule has 0 aromatic rings. The summed E-state index contributed by atoms with van der Waals surface area (Å²) in [5.74, 6) is -0.640. The van der Waals surface area contributed by atoms with Crippen molar-refractivity contribution in [1.82, 2.24) is 5.32 Å². The highest BCUT2D eigenvalue weighted by atomic mass is 16.7. The molecule has 1 aliphatic heterocycles. The van der Waals surface area contributed by atoms with E-state index in [4.69, 9.17) is 14.2 Å². The van der Waals surface area contributed by atoms with Gasteiger partial charge >= 0.3 is 6.09 Å². The fourth-order valence-corrected chi connectivity index (χ4v) is 2.51. The quantitative estimate of drug-likeness (QED) is 0.750. The zero-order chi connectivity index (χ0) is 14.1. The molecule has 1 saturated heterocycles. The molecule has 6 heteroatoms. The van der Waals surface area contributed by atoms with E-state index in [1.165, 1.54) is 0 Å². The lowest BCUT2D eigenvalue weighted by molar-refractivity contribution is -0.194. The Labute approximate surface area is 113 Å². The van der Waals surface area contributed by atoms with Crippen LogP contribution in [0.3, 0.4) is 0 Å². The molecule has 0 aromatic heterocycles. The van der Waals surface area contributed by atoms with Gasteiger partial charge < -0.3 is 24.6 Å². The molecule has 110 valence electrons. The Hall–Kier alpha value is -0.850. The summed E-state index contributed by atoms with van der Waals surface area (Å²) in [6.07, 6.45) is 0.534. The van der Waals surface area contributed by atoms with E-state index in [0.29, 0.717) is 32.5 Å². The number of aliphatic hydroxyl groups is 1. The number of hydrogen-bond acceptors (Lipinski definition) is 5. The van der Waals surface area contributed by atoms with Gasteiger partial charge in [-0.05, 0) is 27.2 Å². The monoisotopic (exact) mass is 273 g/mol. The van der Waals surface area contributed by atoms with Crippen molar-refractivity contribution in [2.24, 2.45) is 0 Å². The summed E-state index contributed by atoms with van der Waals surface area (Å²) in [4.78, 5) is 11.7. The molecule has 1 amide bonds. The number of aliphatic hydroxyl groups excluding tert-OH is 1. The van der Waals surface area contributed by atoms with E-state index in [1.807, 2.05) is 0 Å². The number of hydrogen-bond donors (Lipinski definition) is 2. The SMILES string of the molecule is CC(C)(C)OC(=O)N[C@H]1CC2(CC[C@@H]1O)OCCO2. The highest BCUT2D eigenvalue weighted by molar-refractivity contribution is 5.68. The average Bonchev–Trinajstić information content (AvgIpc) is 2.70. The van der Waals surface area contributed by atoms with Gasteiger partial charge in [-0.3, -0.25) is 0 Å². The van der Waals surface area contributed by atoms with Crippen LogP contribution in [0.25, 0.3) is 0 Å². The lowest BCUT2D eigenvalue weighted by Crippen LogP contribution is -2.53. The van der Waals surface area contributed by atoms with E-state index in [-0.39, 0.29) is 0 Å². The largest absolute Gasteiger partial charge is 0.444 e. The minimum atomic E-state index is -0.640. The van der Waals surface area contributed by atoms with Gasteiger partial charge in [0.15, 0.2) is 5.79 Å². The van der Waals surface area contributed by atoms with Crippen molar-refractivity contribution in [3.05, 3.63) is 0 Å². The predicted molar refractivity (Wildman–Crippen MR) is 67.7 cm³/mol. The maximum atomic E-state index is 11.7. The summed E-state index contributed by atoms with van der Waals surface area (Å²) in [5.41, 5.74) is -0.554. The van der Waals surface area contributed by atoms with Gasteiger partial charge in [0, 0.05) is 12.8 Å². The standard InChI is InChI=1S/C13H23NO5/c1-12(2,3)19-11(16)14-9-8-13(5-4-10(9)15)17-6-7-18-13/h9-10,15H,4-8H2,1-3H3,(H,14,16)/t9-,10-/m0/s1. The van der Waals surface area contributed by atoms with Crippen LogP contribution in [0.1, 0.15) is 40.0 Å². The first-order valence-corrected chi connectivity index (χ1v) is 6.75. The van der Waals surface area contributed by atoms with E-state index in [2.05, 4.69) is 5.32 Å². The first-order valence-electron chi connectivity index (χ1n) is 6.75. The van der Waals surface area contributed by atoms with Crippen molar-refractivity contribution in [3.63, 3.8) is 0 Å². The Bertz CT molecular complexity index is 332. The third-order valence-corrected chi connectivity index (χ3v) is 3.33. The summed E-state index contributed by atoms with van der Waals surface area (Å²) in [6, 6.07) is -0.401. The lowest BCUT2D eigenvalue weighted by Gasteiger charge is -2.39. The molecule has 1 saturated carbocycles. The lowest BCUT2D eigenvalue weighted by atomic mass is 9.87. The van der Waals surface area contributed by atoms with E-state index in [9.17, 15) is 9.90 Å². The van der Waals surface area contributed by atoms with Crippen LogP contribution in [0.15, 0.2) is 0 Å². The third kappa shape index (κ3) is 3.81. The van der Waals surface area contributed by atoms with Gasteiger partial charge in [-0.15, -0.1) is 0 Å². The number of ether oxygens (including phenoxy) is 3. The molecule has 1 heterocycles. The predicted octanol–water partition coefficient (Wildman–Crippen LogP) is 1.17. The third-order valence-electron chi connectivity index (χ3n) is 3.33. The zero-order valence-electron chi connectivity index (χ0n) is 11.8. The van der Waals surface area contributed by atoms with E-state index in [0.717, 1.165) is 0 Å². The smallest absolute Gasteiger partial charge is 0.407 e. The van der Waals surface area contributed by atoms with Gasteiger partial charge in [-0.25, -0.2) is 4.79 Å². The molecule has 2 aliphatic rings. The van der Waals surface area contributed by atoms with Gasteiger partial charge in [-0.1, -0.05) is 0 Å². The molecule has 6 nitrogen and oxygen atoms in total. The number of carbonyl (C=O) groups excluding carboxylic acids is 1. The molecule has 0 radical (unpaired) electrons. The molecule has 0 aromatic carbocycles. The summed E-state index contributed by atoms with van der Waals surface area (Å²) in [7, 11) is 0. The molecule has 19 heavy (non-hydrogen) atoms. The Morgan fingerprint density at radius 2 is 2.00 bits per heavy atom. The molecule has 2 atom stereocenters. The van der Waals surface area contributed by atoms with Crippen molar-refractivity contribution in [2.45, 2.75) is 63.6 Å². The van der Waals surface area contributed by atoms with E-state index >= 15 is 0 Å². The second-order valence-electron chi connectivity index (χ2n) is 6.17. The van der Waals surface area contributed by atoms with Crippen LogP contribution >= 0.6 is 0 Å². The van der Waals surface area contributed by atoms with Crippen LogP contribution in [0, 0.1) is 0 Å². The highest BCUT2D eigenvalue weighted by Gasteiger charge is 2.45. The van der Waals surface area contributed by atoms with Crippen LogP contribution in [0.5, 0.6) is 0 Å². The second-order valence-corrected chi connectivity index (χ2v) is 6.17. The Morgan fingerprint density at radius 3 is 2.58 bits per heavy atom. The van der Waals surface area contributed by atoms with Gasteiger partial charge in [0.1, 0.15) is 5.60 Å². The molecular weight excluding hydrogens is 250 g/mol. The number of amides is 1. The molecule has 0 unspecified atom stereocenters. The Kier molecular flexibility index (Phi) is 4.03. The number of carbonyl (C=O) groups is 1. The van der Waals surface area contributed by atoms with Crippen molar-refractivity contribution in [2.75, 3.05) is 13.2 Å². The van der Waals surface area contributed by atoms with Gasteiger partial charge in [-0.2, -0.15) is 0 Å².